The van der Waals surface area contributed by atoms with Crippen molar-refractivity contribution in [2.24, 2.45) is 23.2 Å². The minimum Gasteiger partial charge on any atom is -0.481 e. The van der Waals surface area contributed by atoms with Crippen molar-refractivity contribution in [3.63, 3.8) is 0 Å². The summed E-state index contributed by atoms with van der Waals surface area (Å²) in [5.41, 5.74) is 0.386. The number of carbonyl (C=O) groups is 1. The minimum absolute atomic E-state index is 0.358. The fraction of sp³-hybridized carbons (Fsp3) is 0.923. The number of hydrogen-bond acceptors (Lipinski definition) is 1. The van der Waals surface area contributed by atoms with Gasteiger partial charge in [-0.2, -0.15) is 0 Å². The van der Waals surface area contributed by atoms with E-state index >= 15 is 0 Å². The van der Waals surface area contributed by atoms with E-state index in [4.69, 9.17) is 5.11 Å². The van der Waals surface area contributed by atoms with Crippen LogP contribution in [0, 0.1) is 23.2 Å². The zero-order valence-corrected chi connectivity index (χ0v) is 9.83. The van der Waals surface area contributed by atoms with Gasteiger partial charge in [-0.25, -0.2) is 0 Å². The first-order valence-electron chi connectivity index (χ1n) is 6.23. The van der Waals surface area contributed by atoms with Crippen LogP contribution in [0.3, 0.4) is 0 Å². The third kappa shape index (κ3) is 1.91. The van der Waals surface area contributed by atoms with E-state index in [2.05, 4.69) is 13.8 Å². The van der Waals surface area contributed by atoms with Crippen molar-refractivity contribution in [3.05, 3.63) is 0 Å². The van der Waals surface area contributed by atoms with E-state index in [1.165, 1.54) is 25.7 Å². The Morgan fingerprint density at radius 1 is 1.27 bits per heavy atom. The Hall–Kier alpha value is -0.530. The molecule has 0 saturated heterocycles. The van der Waals surface area contributed by atoms with Crippen molar-refractivity contribution in [2.45, 2.75) is 52.4 Å². The summed E-state index contributed by atoms with van der Waals surface area (Å²) in [5.74, 6) is 1.68. The number of carboxylic acid groups (broad SMARTS) is 1. The number of carboxylic acids is 1. The molecule has 3 aliphatic rings. The quantitative estimate of drug-likeness (QED) is 0.776. The third-order valence-electron chi connectivity index (χ3n) is 5.02. The van der Waals surface area contributed by atoms with Gasteiger partial charge >= 0.3 is 5.97 Å². The molecule has 3 rings (SSSR count). The summed E-state index contributed by atoms with van der Waals surface area (Å²) in [5, 5.41) is 8.78. The molecule has 3 aliphatic carbocycles. The van der Waals surface area contributed by atoms with Gasteiger partial charge in [0.05, 0.1) is 0 Å². The molecule has 0 radical (unpaired) electrons. The first-order valence-corrected chi connectivity index (χ1v) is 6.23. The van der Waals surface area contributed by atoms with E-state index < -0.39 is 5.97 Å². The second kappa shape index (κ2) is 3.80. The van der Waals surface area contributed by atoms with Crippen LogP contribution in [0.1, 0.15) is 52.4 Å². The normalized spacial score (nSPS) is 37.9. The molecule has 0 amide bonds. The van der Waals surface area contributed by atoms with E-state index in [1.54, 1.807) is 0 Å². The maximum Gasteiger partial charge on any atom is 0.303 e. The standard InChI is InChI=1S/C13H22O2/c1-13(2)10-5-3-9(4-6-10)11(13)7-8-12(14)15/h9-11H,3-8H2,1-2H3,(H,14,15). The molecule has 2 bridgehead atoms. The Labute approximate surface area is 92.1 Å². The van der Waals surface area contributed by atoms with Crippen molar-refractivity contribution in [1.29, 1.82) is 0 Å². The van der Waals surface area contributed by atoms with E-state index in [0.717, 1.165) is 18.3 Å². The van der Waals surface area contributed by atoms with Gasteiger partial charge in [0.15, 0.2) is 0 Å². The molecule has 2 nitrogen and oxygen atoms in total. The Kier molecular flexibility index (Phi) is 2.78. The summed E-state index contributed by atoms with van der Waals surface area (Å²) in [6.45, 7) is 4.71. The first-order chi connectivity index (χ1) is 7.01. The van der Waals surface area contributed by atoms with Gasteiger partial charge in [0, 0.05) is 6.42 Å². The highest BCUT2D eigenvalue weighted by Crippen LogP contribution is 2.57. The Morgan fingerprint density at radius 2 is 1.87 bits per heavy atom. The average molecular weight is 210 g/mol. The van der Waals surface area contributed by atoms with E-state index in [9.17, 15) is 4.79 Å². The van der Waals surface area contributed by atoms with Crippen molar-refractivity contribution >= 4 is 5.97 Å². The van der Waals surface area contributed by atoms with Crippen LogP contribution in [0.15, 0.2) is 0 Å². The zero-order chi connectivity index (χ0) is 11.1. The molecule has 86 valence electrons. The highest BCUT2D eigenvalue weighted by Gasteiger charge is 2.48. The van der Waals surface area contributed by atoms with E-state index in [-0.39, 0.29) is 0 Å². The Morgan fingerprint density at radius 3 is 2.33 bits per heavy atom. The monoisotopic (exact) mass is 210 g/mol. The largest absolute Gasteiger partial charge is 0.481 e. The van der Waals surface area contributed by atoms with Gasteiger partial charge in [0.1, 0.15) is 0 Å². The number of fused-ring (bicyclic) bond motifs is 3. The van der Waals surface area contributed by atoms with Gasteiger partial charge in [-0.15, -0.1) is 0 Å². The molecule has 0 aromatic heterocycles. The van der Waals surface area contributed by atoms with Gasteiger partial charge < -0.3 is 5.11 Å². The molecule has 1 atom stereocenters. The summed E-state index contributed by atoms with van der Waals surface area (Å²) in [6, 6.07) is 0. The van der Waals surface area contributed by atoms with Crippen LogP contribution in [0.25, 0.3) is 0 Å². The maximum atomic E-state index is 10.7. The Balaban J connectivity index is 2.05. The molecule has 15 heavy (non-hydrogen) atoms. The molecule has 0 aromatic carbocycles. The summed E-state index contributed by atoms with van der Waals surface area (Å²) < 4.78 is 0. The van der Waals surface area contributed by atoms with Crippen LogP contribution in [-0.2, 0) is 4.79 Å². The van der Waals surface area contributed by atoms with Crippen LogP contribution >= 0.6 is 0 Å². The molecule has 3 fully saturated rings. The minimum atomic E-state index is -0.632. The van der Waals surface area contributed by atoms with Gasteiger partial charge in [-0.3, -0.25) is 4.79 Å². The lowest BCUT2D eigenvalue weighted by molar-refractivity contribution is -0.138. The maximum absolute atomic E-state index is 10.7. The van der Waals surface area contributed by atoms with Crippen LogP contribution in [0.2, 0.25) is 0 Å². The predicted molar refractivity (Wildman–Crippen MR) is 59.6 cm³/mol. The average Bonchev–Trinajstić information content (AvgIpc) is 2.17. The zero-order valence-electron chi connectivity index (χ0n) is 9.83. The van der Waals surface area contributed by atoms with Gasteiger partial charge in [0.25, 0.3) is 0 Å². The molecular weight excluding hydrogens is 188 g/mol. The predicted octanol–water partition coefficient (Wildman–Crippen LogP) is 3.31. The number of rotatable bonds is 3. The molecular formula is C13H22O2. The molecule has 0 spiro atoms. The SMILES string of the molecule is CC1(C)C2CCC(CC2)C1CCC(=O)O. The third-order valence-corrected chi connectivity index (χ3v) is 5.02. The topological polar surface area (TPSA) is 37.3 Å². The van der Waals surface area contributed by atoms with E-state index in [0.29, 0.717) is 17.8 Å². The summed E-state index contributed by atoms with van der Waals surface area (Å²) in [4.78, 5) is 10.7. The molecule has 3 saturated carbocycles. The van der Waals surface area contributed by atoms with Crippen LogP contribution < -0.4 is 0 Å². The second-order valence-corrected chi connectivity index (χ2v) is 5.97. The van der Waals surface area contributed by atoms with Crippen molar-refractivity contribution < 1.29 is 9.90 Å². The molecule has 0 heterocycles. The number of aliphatic carboxylic acids is 1. The van der Waals surface area contributed by atoms with Crippen molar-refractivity contribution in [2.75, 3.05) is 0 Å². The summed E-state index contributed by atoms with van der Waals surface area (Å²) >= 11 is 0. The highest BCUT2D eigenvalue weighted by atomic mass is 16.4. The lowest BCUT2D eigenvalue weighted by Crippen LogP contribution is -2.46. The molecule has 2 heteroatoms. The van der Waals surface area contributed by atoms with Crippen LogP contribution in [0.4, 0.5) is 0 Å². The second-order valence-electron chi connectivity index (χ2n) is 5.97. The van der Waals surface area contributed by atoms with E-state index in [1.807, 2.05) is 0 Å². The summed E-state index contributed by atoms with van der Waals surface area (Å²) in [7, 11) is 0. The fourth-order valence-electron chi connectivity index (χ4n) is 4.06. The summed E-state index contributed by atoms with van der Waals surface area (Å²) in [6.07, 6.45) is 6.69. The van der Waals surface area contributed by atoms with Crippen LogP contribution in [-0.4, -0.2) is 11.1 Å². The van der Waals surface area contributed by atoms with Gasteiger partial charge in [-0.05, 0) is 55.3 Å². The van der Waals surface area contributed by atoms with Gasteiger partial charge in [0.2, 0.25) is 0 Å². The lowest BCUT2D eigenvalue weighted by atomic mass is 9.51. The van der Waals surface area contributed by atoms with Crippen molar-refractivity contribution in [1.82, 2.24) is 0 Å². The molecule has 1 unspecified atom stereocenters. The fourth-order valence-corrected chi connectivity index (χ4v) is 4.06. The van der Waals surface area contributed by atoms with Gasteiger partial charge in [-0.1, -0.05) is 13.8 Å². The lowest BCUT2D eigenvalue weighted by Gasteiger charge is -2.54. The molecule has 0 aromatic rings. The highest BCUT2D eigenvalue weighted by molar-refractivity contribution is 5.66. The van der Waals surface area contributed by atoms with Crippen LogP contribution in [0.5, 0.6) is 0 Å². The first kappa shape index (κ1) is 11.0. The molecule has 1 N–H and O–H groups in total. The number of hydrogen-bond donors (Lipinski definition) is 1. The van der Waals surface area contributed by atoms with Crippen molar-refractivity contribution in [3.8, 4) is 0 Å². The molecule has 0 aliphatic heterocycles. The Bertz CT molecular complexity index is 249. The smallest absolute Gasteiger partial charge is 0.303 e.